The van der Waals surface area contributed by atoms with Crippen LogP contribution in [-0.2, 0) is 4.79 Å². The fourth-order valence-corrected chi connectivity index (χ4v) is 4.89. The molecular weight excluding hydrogens is 457 g/mol. The quantitative estimate of drug-likeness (QED) is 0.336. The fraction of sp³-hybridized carbons (Fsp3) is 0.565. The van der Waals surface area contributed by atoms with Crippen molar-refractivity contribution in [2.24, 2.45) is 5.92 Å². The van der Waals surface area contributed by atoms with Crippen molar-refractivity contribution in [3.63, 3.8) is 0 Å². The molecule has 0 bridgehead atoms. The molecule has 2 aliphatic rings. The first kappa shape index (κ1) is 24.5. The van der Waals surface area contributed by atoms with E-state index in [4.69, 9.17) is 15.8 Å². The first-order valence-corrected chi connectivity index (χ1v) is 11.7. The van der Waals surface area contributed by atoms with Gasteiger partial charge in [-0.25, -0.2) is 9.18 Å². The average molecular weight is 488 g/mol. The van der Waals surface area contributed by atoms with Crippen molar-refractivity contribution in [1.29, 1.82) is 5.26 Å². The van der Waals surface area contributed by atoms with Crippen molar-refractivity contribution < 1.29 is 13.9 Å². The highest BCUT2D eigenvalue weighted by Gasteiger charge is 2.35. The molecule has 1 aliphatic heterocycles. The molecular formula is C23H30FN7O4. The van der Waals surface area contributed by atoms with Gasteiger partial charge < -0.3 is 26.1 Å². The number of fused-ring (bicyclic) bond motifs is 1. The SMILES string of the molecule is COc1c(N2CCC(C(CNC(C)=O)NCCC#N)C2)c(F)cc2c(=O)n(N)c(=O)n(C3CC3)c12. The number of methoxy groups -OCH3 is 1. The van der Waals surface area contributed by atoms with E-state index >= 15 is 4.39 Å². The van der Waals surface area contributed by atoms with Gasteiger partial charge in [-0.15, -0.1) is 0 Å². The van der Waals surface area contributed by atoms with E-state index in [1.807, 2.05) is 4.90 Å². The summed E-state index contributed by atoms with van der Waals surface area (Å²) in [5.74, 6) is 5.11. The molecule has 1 saturated carbocycles. The van der Waals surface area contributed by atoms with Crippen LogP contribution in [0.15, 0.2) is 15.7 Å². The highest BCUT2D eigenvalue weighted by atomic mass is 19.1. The Hall–Kier alpha value is -3.59. The van der Waals surface area contributed by atoms with Crippen LogP contribution in [0.2, 0.25) is 0 Å². The molecule has 1 aromatic heterocycles. The van der Waals surface area contributed by atoms with Gasteiger partial charge in [0.25, 0.3) is 5.56 Å². The number of benzene rings is 1. The number of rotatable bonds is 9. The Morgan fingerprint density at radius 2 is 2.11 bits per heavy atom. The normalized spacial score (nSPS) is 18.5. The number of halogens is 1. The summed E-state index contributed by atoms with van der Waals surface area (Å²) in [6, 6.07) is 2.99. The largest absolute Gasteiger partial charge is 0.492 e. The summed E-state index contributed by atoms with van der Waals surface area (Å²) in [6.45, 7) is 3.28. The highest BCUT2D eigenvalue weighted by Crippen LogP contribution is 2.43. The van der Waals surface area contributed by atoms with Gasteiger partial charge in [0.1, 0.15) is 11.2 Å². The van der Waals surface area contributed by atoms with Crippen molar-refractivity contribution in [3.05, 3.63) is 32.7 Å². The number of nitrogens with two attached hydrogens (primary N) is 1. The van der Waals surface area contributed by atoms with Gasteiger partial charge in [0, 0.05) is 51.6 Å². The van der Waals surface area contributed by atoms with Gasteiger partial charge in [-0.3, -0.25) is 14.2 Å². The predicted molar refractivity (Wildman–Crippen MR) is 128 cm³/mol. The van der Waals surface area contributed by atoms with Gasteiger partial charge >= 0.3 is 5.69 Å². The van der Waals surface area contributed by atoms with Crippen molar-refractivity contribution in [1.82, 2.24) is 19.9 Å². The van der Waals surface area contributed by atoms with Crippen LogP contribution in [0.1, 0.15) is 38.6 Å². The molecule has 0 spiro atoms. The second-order valence-electron chi connectivity index (χ2n) is 9.10. The van der Waals surface area contributed by atoms with Crippen LogP contribution in [0.3, 0.4) is 0 Å². The molecule has 1 aromatic carbocycles. The summed E-state index contributed by atoms with van der Waals surface area (Å²) < 4.78 is 23.1. The van der Waals surface area contributed by atoms with Gasteiger partial charge in [-0.1, -0.05) is 0 Å². The molecule has 2 aromatic rings. The zero-order valence-electron chi connectivity index (χ0n) is 19.8. The first-order valence-electron chi connectivity index (χ1n) is 11.7. The van der Waals surface area contributed by atoms with Crippen LogP contribution in [0.4, 0.5) is 10.1 Å². The lowest BCUT2D eigenvalue weighted by Crippen LogP contribution is -2.46. The molecule has 35 heavy (non-hydrogen) atoms. The molecule has 4 rings (SSSR count). The molecule has 1 saturated heterocycles. The van der Waals surface area contributed by atoms with E-state index in [1.165, 1.54) is 18.6 Å². The van der Waals surface area contributed by atoms with Gasteiger partial charge in [-0.2, -0.15) is 9.94 Å². The average Bonchev–Trinajstić information content (AvgIpc) is 3.55. The number of ether oxygens (including phenoxy) is 1. The van der Waals surface area contributed by atoms with Crippen LogP contribution in [0.25, 0.3) is 10.9 Å². The maximum absolute atomic E-state index is 15.5. The number of hydrogen-bond acceptors (Lipinski definition) is 8. The van der Waals surface area contributed by atoms with Crippen molar-refractivity contribution >= 4 is 22.5 Å². The number of amides is 1. The molecule has 1 amide bonds. The number of nitrogens with zero attached hydrogens (tertiary/aromatic N) is 4. The molecule has 4 N–H and O–H groups in total. The summed E-state index contributed by atoms with van der Waals surface area (Å²) in [5.41, 5.74) is -0.978. The Kier molecular flexibility index (Phi) is 6.98. The van der Waals surface area contributed by atoms with Crippen LogP contribution in [0, 0.1) is 23.1 Å². The number of carbonyl (C=O) groups is 1. The van der Waals surface area contributed by atoms with E-state index < -0.39 is 17.1 Å². The molecule has 0 radical (unpaired) electrons. The molecule has 2 heterocycles. The second kappa shape index (κ2) is 9.95. The van der Waals surface area contributed by atoms with Gasteiger partial charge in [0.15, 0.2) is 11.6 Å². The summed E-state index contributed by atoms with van der Waals surface area (Å²) in [7, 11) is 1.39. The number of anilines is 1. The van der Waals surface area contributed by atoms with E-state index in [2.05, 4.69) is 16.7 Å². The zero-order valence-corrected chi connectivity index (χ0v) is 19.8. The smallest absolute Gasteiger partial charge is 0.350 e. The van der Waals surface area contributed by atoms with Crippen molar-refractivity contribution in [3.8, 4) is 11.8 Å². The van der Waals surface area contributed by atoms with Crippen LogP contribution < -0.4 is 37.4 Å². The van der Waals surface area contributed by atoms with Crippen molar-refractivity contribution in [2.75, 3.05) is 44.0 Å². The van der Waals surface area contributed by atoms with Crippen molar-refractivity contribution in [2.45, 2.75) is 44.7 Å². The minimum Gasteiger partial charge on any atom is -0.492 e. The first-order chi connectivity index (χ1) is 16.8. The third-order valence-electron chi connectivity index (χ3n) is 6.73. The van der Waals surface area contributed by atoms with E-state index in [-0.39, 0.29) is 46.2 Å². The third-order valence-corrected chi connectivity index (χ3v) is 6.73. The highest BCUT2D eigenvalue weighted by molar-refractivity contribution is 5.91. The third kappa shape index (κ3) is 4.68. The van der Waals surface area contributed by atoms with E-state index in [0.717, 1.165) is 18.9 Å². The summed E-state index contributed by atoms with van der Waals surface area (Å²) in [4.78, 5) is 38.9. The maximum Gasteiger partial charge on any atom is 0.350 e. The predicted octanol–water partition coefficient (Wildman–Crippen LogP) is 0.194. The summed E-state index contributed by atoms with van der Waals surface area (Å²) in [6.07, 6.45) is 2.56. The fourth-order valence-electron chi connectivity index (χ4n) is 4.89. The number of nitrogens with one attached hydrogen (secondary N) is 2. The van der Waals surface area contributed by atoms with Gasteiger partial charge in [0.2, 0.25) is 5.91 Å². The number of aromatic nitrogens is 2. The Balaban J connectivity index is 1.73. The van der Waals surface area contributed by atoms with Gasteiger partial charge in [0.05, 0.1) is 18.6 Å². The lowest BCUT2D eigenvalue weighted by atomic mass is 9.98. The molecule has 2 fully saturated rings. The van der Waals surface area contributed by atoms with E-state index in [0.29, 0.717) is 43.7 Å². The Morgan fingerprint density at radius 1 is 1.37 bits per heavy atom. The zero-order chi connectivity index (χ0) is 25.3. The lowest BCUT2D eigenvalue weighted by Gasteiger charge is -2.27. The topological polar surface area (TPSA) is 147 Å². The molecule has 2 atom stereocenters. The minimum atomic E-state index is -0.776. The Labute approximate surface area is 201 Å². The Morgan fingerprint density at radius 3 is 2.74 bits per heavy atom. The number of nitrogen functional groups attached to an aromatic ring is 1. The monoisotopic (exact) mass is 487 g/mol. The van der Waals surface area contributed by atoms with Crippen LogP contribution in [-0.4, -0.2) is 54.5 Å². The van der Waals surface area contributed by atoms with Gasteiger partial charge in [-0.05, 0) is 31.2 Å². The lowest BCUT2D eigenvalue weighted by molar-refractivity contribution is -0.119. The molecule has 12 heteroatoms. The second-order valence-corrected chi connectivity index (χ2v) is 9.10. The number of nitriles is 1. The molecule has 11 nitrogen and oxygen atoms in total. The van der Waals surface area contributed by atoms with E-state index in [1.54, 1.807) is 0 Å². The Bertz CT molecular complexity index is 1290. The van der Waals surface area contributed by atoms with Crippen LogP contribution in [0.5, 0.6) is 5.75 Å². The molecule has 188 valence electrons. The number of hydrogen-bond donors (Lipinski definition) is 3. The molecule has 1 aliphatic carbocycles. The summed E-state index contributed by atoms with van der Waals surface area (Å²) in [5, 5.41) is 15.0. The molecule has 2 unspecified atom stereocenters. The van der Waals surface area contributed by atoms with E-state index in [9.17, 15) is 14.4 Å². The summed E-state index contributed by atoms with van der Waals surface area (Å²) >= 11 is 0. The number of carbonyl (C=O) groups excluding carboxylic acids is 1. The maximum atomic E-state index is 15.5. The van der Waals surface area contributed by atoms with Crippen LogP contribution >= 0.6 is 0 Å². The standard InChI is InChI=1S/C23H30FN7O4/c1-13(32)28-11-18(27-8-3-7-25)14-6-9-29(12-14)20-17(24)10-16-19(21(20)35-2)30(15-4-5-15)23(34)31(26)22(16)33/h10,14-15,18,27H,3-6,8-9,11-12,26H2,1-2H3,(H,28,32). The minimum absolute atomic E-state index is 0.00504.